The highest BCUT2D eigenvalue weighted by atomic mass is 35.5. The molecule has 2 aromatic carbocycles. The Hall–Kier alpha value is -2.18. The van der Waals surface area contributed by atoms with Gasteiger partial charge in [-0.25, -0.2) is 4.68 Å². The first-order chi connectivity index (χ1) is 14.2. The fraction of sp³-hybridized carbons (Fsp3) is 0.348. The molecule has 0 spiro atoms. The molecule has 1 saturated heterocycles. The van der Waals surface area contributed by atoms with Gasteiger partial charge in [-0.05, 0) is 30.2 Å². The minimum absolute atomic E-state index is 0.219. The molecule has 4 rings (SSSR count). The number of benzene rings is 2. The van der Waals surface area contributed by atoms with E-state index >= 15 is 0 Å². The first-order valence-corrected chi connectivity index (χ1v) is 10.5. The molecule has 0 amide bonds. The quantitative estimate of drug-likeness (QED) is 0.646. The van der Waals surface area contributed by atoms with E-state index in [1.807, 2.05) is 35.1 Å². The number of rotatable bonds is 7. The van der Waals surface area contributed by atoms with Crippen molar-refractivity contribution >= 4 is 11.6 Å². The molecule has 0 aliphatic carbocycles. The van der Waals surface area contributed by atoms with Gasteiger partial charge in [-0.3, -0.25) is 9.80 Å². The van der Waals surface area contributed by atoms with Crippen molar-refractivity contribution in [2.24, 2.45) is 0 Å². The highest BCUT2D eigenvalue weighted by molar-refractivity contribution is 6.30. The van der Waals surface area contributed by atoms with Crippen LogP contribution in [0.1, 0.15) is 17.5 Å². The maximum atomic E-state index is 9.56. The maximum absolute atomic E-state index is 9.56. The first kappa shape index (κ1) is 20.1. The number of halogens is 1. The van der Waals surface area contributed by atoms with Crippen molar-refractivity contribution in [3.63, 3.8) is 0 Å². The second kappa shape index (κ2) is 9.55. The second-order valence-electron chi connectivity index (χ2n) is 7.63. The minimum atomic E-state index is 0.219. The van der Waals surface area contributed by atoms with Crippen LogP contribution in [-0.2, 0) is 13.1 Å². The van der Waals surface area contributed by atoms with Crippen molar-refractivity contribution in [1.82, 2.24) is 19.6 Å². The summed E-state index contributed by atoms with van der Waals surface area (Å²) >= 11 is 6.10. The molecule has 0 radical (unpaired) electrons. The summed E-state index contributed by atoms with van der Waals surface area (Å²) in [6.45, 7) is 4.99. The fourth-order valence-corrected chi connectivity index (χ4v) is 4.19. The number of aromatic nitrogens is 2. The van der Waals surface area contributed by atoms with Gasteiger partial charge >= 0.3 is 0 Å². The summed E-state index contributed by atoms with van der Waals surface area (Å²) < 4.78 is 1.87. The van der Waals surface area contributed by atoms with E-state index in [-0.39, 0.29) is 6.61 Å². The van der Waals surface area contributed by atoms with Crippen molar-refractivity contribution in [1.29, 1.82) is 0 Å². The molecule has 5 nitrogen and oxygen atoms in total. The lowest BCUT2D eigenvalue weighted by Crippen LogP contribution is -2.52. The molecule has 0 saturated carbocycles. The largest absolute Gasteiger partial charge is 0.396 e. The van der Waals surface area contributed by atoms with E-state index in [9.17, 15) is 5.11 Å². The highest BCUT2D eigenvalue weighted by Crippen LogP contribution is 2.19. The number of aliphatic hydroxyl groups excluding tert-OH is 1. The topological polar surface area (TPSA) is 44.5 Å². The molecular weight excluding hydrogens is 384 g/mol. The molecular formula is C23H27ClN4O. The van der Waals surface area contributed by atoms with Gasteiger partial charge in [-0.15, -0.1) is 0 Å². The third-order valence-corrected chi connectivity index (χ3v) is 5.73. The number of piperazine rings is 1. The van der Waals surface area contributed by atoms with Crippen LogP contribution in [0.2, 0.25) is 5.02 Å². The molecule has 2 heterocycles. The van der Waals surface area contributed by atoms with Crippen LogP contribution in [0.4, 0.5) is 0 Å². The van der Waals surface area contributed by atoms with Gasteiger partial charge in [-0.2, -0.15) is 5.10 Å². The number of nitrogens with zero attached hydrogens (tertiary/aromatic N) is 4. The van der Waals surface area contributed by atoms with Gasteiger partial charge in [0.05, 0.1) is 11.9 Å². The molecule has 3 aromatic rings. The summed E-state index contributed by atoms with van der Waals surface area (Å²) in [6, 6.07) is 18.7. The van der Waals surface area contributed by atoms with E-state index < -0.39 is 0 Å². The molecule has 1 unspecified atom stereocenters. The van der Waals surface area contributed by atoms with Crippen molar-refractivity contribution in [3.8, 4) is 5.69 Å². The average molecular weight is 411 g/mol. The van der Waals surface area contributed by atoms with Crippen molar-refractivity contribution in [2.45, 2.75) is 25.6 Å². The Bertz CT molecular complexity index is 914. The monoisotopic (exact) mass is 410 g/mol. The van der Waals surface area contributed by atoms with E-state index in [1.54, 1.807) is 0 Å². The average Bonchev–Trinajstić information content (AvgIpc) is 3.19. The summed E-state index contributed by atoms with van der Waals surface area (Å²) in [4.78, 5) is 4.96. The molecule has 29 heavy (non-hydrogen) atoms. The Labute approximate surface area is 177 Å². The minimum Gasteiger partial charge on any atom is -0.396 e. The van der Waals surface area contributed by atoms with Crippen molar-refractivity contribution in [3.05, 3.63) is 83.1 Å². The normalized spacial score (nSPS) is 18.2. The lowest BCUT2D eigenvalue weighted by atomic mass is 10.1. The lowest BCUT2D eigenvalue weighted by Gasteiger charge is -2.41. The molecule has 0 bridgehead atoms. The van der Waals surface area contributed by atoms with Crippen LogP contribution >= 0.6 is 11.6 Å². The number of hydrogen-bond donors (Lipinski definition) is 1. The number of hydrogen-bond acceptors (Lipinski definition) is 4. The Kier molecular flexibility index (Phi) is 6.62. The van der Waals surface area contributed by atoms with Gasteiger partial charge in [0.25, 0.3) is 0 Å². The first-order valence-electron chi connectivity index (χ1n) is 10.1. The Balaban J connectivity index is 1.39. The standard InChI is InChI=1S/C23H27ClN4O/c24-21-7-4-8-22(13-21)28-17-20(14-25-28)15-26-10-11-27(23(18-26)9-12-29)16-19-5-2-1-3-6-19/h1-8,13-14,17,23,29H,9-12,15-16,18H2. The van der Waals surface area contributed by atoms with Gasteiger partial charge in [-0.1, -0.05) is 48.0 Å². The SMILES string of the molecule is OCCC1CN(Cc2cnn(-c3cccc(Cl)c3)c2)CCN1Cc1ccccc1. The third kappa shape index (κ3) is 5.25. The van der Waals surface area contributed by atoms with Crippen LogP contribution in [0.3, 0.4) is 0 Å². The molecule has 1 atom stereocenters. The highest BCUT2D eigenvalue weighted by Gasteiger charge is 2.26. The van der Waals surface area contributed by atoms with E-state index in [0.29, 0.717) is 11.1 Å². The smallest absolute Gasteiger partial charge is 0.0660 e. The fourth-order valence-electron chi connectivity index (χ4n) is 4.01. The summed E-state index contributed by atoms with van der Waals surface area (Å²) in [6.07, 6.45) is 4.80. The molecule has 1 aromatic heterocycles. The van der Waals surface area contributed by atoms with E-state index in [0.717, 1.165) is 44.8 Å². The summed E-state index contributed by atoms with van der Waals surface area (Å²) in [5.74, 6) is 0. The second-order valence-corrected chi connectivity index (χ2v) is 8.07. The molecule has 6 heteroatoms. The predicted octanol–water partition coefficient (Wildman–Crippen LogP) is 3.59. The Morgan fingerprint density at radius 3 is 2.66 bits per heavy atom. The zero-order chi connectivity index (χ0) is 20.1. The maximum Gasteiger partial charge on any atom is 0.0660 e. The van der Waals surface area contributed by atoms with Crippen LogP contribution in [0.15, 0.2) is 67.0 Å². The molecule has 1 fully saturated rings. The lowest BCUT2D eigenvalue weighted by molar-refractivity contribution is 0.0500. The number of aliphatic hydroxyl groups is 1. The van der Waals surface area contributed by atoms with E-state index in [4.69, 9.17) is 11.6 Å². The summed E-state index contributed by atoms with van der Waals surface area (Å²) in [7, 11) is 0. The Morgan fingerprint density at radius 1 is 1.00 bits per heavy atom. The molecule has 1 aliphatic rings. The van der Waals surface area contributed by atoms with Gasteiger partial charge in [0.15, 0.2) is 0 Å². The Morgan fingerprint density at radius 2 is 1.86 bits per heavy atom. The van der Waals surface area contributed by atoms with Gasteiger partial charge in [0, 0.05) is 62.2 Å². The van der Waals surface area contributed by atoms with Crippen LogP contribution in [0, 0.1) is 0 Å². The van der Waals surface area contributed by atoms with Crippen LogP contribution < -0.4 is 0 Å². The third-order valence-electron chi connectivity index (χ3n) is 5.49. The van der Waals surface area contributed by atoms with E-state index in [1.165, 1.54) is 11.1 Å². The zero-order valence-electron chi connectivity index (χ0n) is 16.5. The van der Waals surface area contributed by atoms with Crippen LogP contribution in [-0.4, -0.2) is 57.0 Å². The van der Waals surface area contributed by atoms with Gasteiger partial charge in [0.1, 0.15) is 0 Å². The summed E-state index contributed by atoms with van der Waals surface area (Å²) in [5.41, 5.74) is 3.48. The molecule has 152 valence electrons. The molecule has 1 N–H and O–H groups in total. The summed E-state index contributed by atoms with van der Waals surface area (Å²) in [5, 5.41) is 14.8. The van der Waals surface area contributed by atoms with Gasteiger partial charge in [0.2, 0.25) is 0 Å². The molecule has 1 aliphatic heterocycles. The van der Waals surface area contributed by atoms with Crippen LogP contribution in [0.25, 0.3) is 5.69 Å². The van der Waals surface area contributed by atoms with Gasteiger partial charge < -0.3 is 5.11 Å². The zero-order valence-corrected chi connectivity index (χ0v) is 17.2. The van der Waals surface area contributed by atoms with Crippen LogP contribution in [0.5, 0.6) is 0 Å². The van der Waals surface area contributed by atoms with E-state index in [2.05, 4.69) is 51.4 Å². The van der Waals surface area contributed by atoms with Crippen molar-refractivity contribution < 1.29 is 5.11 Å². The van der Waals surface area contributed by atoms with Crippen molar-refractivity contribution in [2.75, 3.05) is 26.2 Å². The predicted molar refractivity (Wildman–Crippen MR) is 116 cm³/mol.